The van der Waals surface area contributed by atoms with Crippen LogP contribution in [0.15, 0.2) is 72.9 Å². The predicted octanol–water partition coefficient (Wildman–Crippen LogP) is 3.43. The molecule has 1 aliphatic rings. The Balaban J connectivity index is 1.70. The third kappa shape index (κ3) is 4.78. The molecule has 6 nitrogen and oxygen atoms in total. The van der Waals surface area contributed by atoms with Crippen molar-refractivity contribution in [2.45, 2.75) is 12.0 Å². The molecule has 0 unspecified atom stereocenters. The molecule has 170 valence electrons. The van der Waals surface area contributed by atoms with Gasteiger partial charge >= 0.3 is 0 Å². The fourth-order valence-electron chi connectivity index (χ4n) is 4.22. The van der Waals surface area contributed by atoms with E-state index in [1.54, 1.807) is 55.5 Å². The lowest BCUT2D eigenvalue weighted by Crippen LogP contribution is -2.61. The van der Waals surface area contributed by atoms with Gasteiger partial charge in [-0.3, -0.25) is 14.6 Å². The van der Waals surface area contributed by atoms with E-state index in [0.717, 1.165) is 16.7 Å². The van der Waals surface area contributed by atoms with Crippen LogP contribution < -0.4 is 0 Å². The van der Waals surface area contributed by atoms with Crippen molar-refractivity contribution in [1.82, 2.24) is 14.8 Å². The third-order valence-electron chi connectivity index (χ3n) is 5.80. The number of halogens is 1. The molecule has 1 aliphatic heterocycles. The van der Waals surface area contributed by atoms with Crippen LogP contribution in [0.4, 0.5) is 4.39 Å². The summed E-state index contributed by atoms with van der Waals surface area (Å²) in [5.41, 5.74) is 1.70. The van der Waals surface area contributed by atoms with E-state index >= 15 is 0 Å². The Morgan fingerprint density at radius 2 is 1.79 bits per heavy atom. The van der Waals surface area contributed by atoms with Crippen LogP contribution in [0.5, 0.6) is 0 Å². The second kappa shape index (κ2) is 9.50. The van der Waals surface area contributed by atoms with Gasteiger partial charge in [0.2, 0.25) is 0 Å². The summed E-state index contributed by atoms with van der Waals surface area (Å²) in [7, 11) is 3.36. The van der Waals surface area contributed by atoms with Crippen LogP contribution in [0.25, 0.3) is 11.1 Å². The van der Waals surface area contributed by atoms with Gasteiger partial charge in [-0.2, -0.15) is 0 Å². The molecule has 1 fully saturated rings. The number of carbonyl (C=O) groups excluding carboxylic acids is 2. The van der Waals surface area contributed by atoms with Crippen molar-refractivity contribution in [2.75, 3.05) is 33.8 Å². The van der Waals surface area contributed by atoms with Crippen molar-refractivity contribution >= 4 is 11.8 Å². The molecule has 3 aromatic rings. The lowest BCUT2D eigenvalue weighted by atomic mass is 9.87. The van der Waals surface area contributed by atoms with E-state index in [9.17, 15) is 14.0 Å². The SMILES string of the molecule is CN(C)C(=O)[C@]1(Cc2ccccc2-c2ccc(F)cc2)CN(C(=O)c2ccccn2)CCO1. The second-order valence-electron chi connectivity index (χ2n) is 8.32. The van der Waals surface area contributed by atoms with E-state index < -0.39 is 5.60 Å². The molecular weight excluding hydrogens is 421 g/mol. The number of nitrogens with zero attached hydrogens (tertiary/aromatic N) is 3. The molecule has 33 heavy (non-hydrogen) atoms. The maximum atomic E-state index is 13.5. The number of ether oxygens (including phenoxy) is 1. The molecular formula is C26H26FN3O3. The summed E-state index contributed by atoms with van der Waals surface area (Å²) < 4.78 is 19.6. The highest BCUT2D eigenvalue weighted by atomic mass is 19.1. The Morgan fingerprint density at radius 1 is 1.06 bits per heavy atom. The van der Waals surface area contributed by atoms with E-state index in [-0.39, 0.29) is 37.2 Å². The number of pyridine rings is 1. The van der Waals surface area contributed by atoms with Crippen molar-refractivity contribution in [3.05, 3.63) is 90.0 Å². The van der Waals surface area contributed by atoms with E-state index in [1.807, 2.05) is 24.3 Å². The van der Waals surface area contributed by atoms with Gasteiger partial charge in [-0.15, -0.1) is 0 Å². The highest BCUT2D eigenvalue weighted by Gasteiger charge is 2.46. The van der Waals surface area contributed by atoms with Gasteiger partial charge in [0.1, 0.15) is 11.5 Å². The van der Waals surface area contributed by atoms with Crippen LogP contribution in [0.3, 0.4) is 0 Å². The Labute approximate surface area is 192 Å². The summed E-state index contributed by atoms with van der Waals surface area (Å²) in [6.07, 6.45) is 1.84. The number of amides is 2. The fraction of sp³-hybridized carbons (Fsp3) is 0.269. The van der Waals surface area contributed by atoms with Crippen LogP contribution in [0.2, 0.25) is 0 Å². The molecule has 7 heteroatoms. The summed E-state index contributed by atoms with van der Waals surface area (Å²) in [6, 6.07) is 19.1. The zero-order valence-electron chi connectivity index (χ0n) is 18.7. The van der Waals surface area contributed by atoms with E-state index in [1.165, 1.54) is 17.0 Å². The molecule has 0 saturated carbocycles. The number of aromatic nitrogens is 1. The van der Waals surface area contributed by atoms with Gasteiger partial charge < -0.3 is 14.5 Å². The Kier molecular flexibility index (Phi) is 6.51. The zero-order chi connectivity index (χ0) is 23.4. The van der Waals surface area contributed by atoms with Gasteiger partial charge in [0.05, 0.1) is 13.2 Å². The standard InChI is InChI=1S/C26H26FN3O3/c1-29(2)25(32)26(18-30(15-16-33-26)24(31)23-9-5-6-14-28-23)17-20-7-3-4-8-22(20)19-10-12-21(27)13-11-19/h3-14H,15-18H2,1-2H3/t26-/m0/s1. The normalized spacial score (nSPS) is 18.1. The minimum Gasteiger partial charge on any atom is -0.361 e. The number of hydrogen-bond acceptors (Lipinski definition) is 4. The topological polar surface area (TPSA) is 62.7 Å². The van der Waals surface area contributed by atoms with Gasteiger partial charge in [0.15, 0.2) is 5.60 Å². The van der Waals surface area contributed by atoms with Crippen molar-refractivity contribution in [2.24, 2.45) is 0 Å². The highest BCUT2D eigenvalue weighted by molar-refractivity contribution is 5.94. The van der Waals surface area contributed by atoms with Crippen molar-refractivity contribution in [3.8, 4) is 11.1 Å². The van der Waals surface area contributed by atoms with Gasteiger partial charge in [0.25, 0.3) is 11.8 Å². The molecule has 1 saturated heterocycles. The van der Waals surface area contributed by atoms with Gasteiger partial charge in [-0.1, -0.05) is 42.5 Å². The first kappa shape index (κ1) is 22.6. The van der Waals surface area contributed by atoms with Crippen LogP contribution in [0.1, 0.15) is 16.1 Å². The first-order chi connectivity index (χ1) is 15.9. The lowest BCUT2D eigenvalue weighted by molar-refractivity contribution is -0.165. The van der Waals surface area contributed by atoms with Crippen molar-refractivity contribution < 1.29 is 18.7 Å². The van der Waals surface area contributed by atoms with Crippen LogP contribution in [-0.4, -0.2) is 66.0 Å². The molecule has 4 rings (SSSR count). The van der Waals surface area contributed by atoms with Crippen LogP contribution in [0, 0.1) is 5.82 Å². The monoisotopic (exact) mass is 447 g/mol. The molecule has 1 aromatic heterocycles. The maximum absolute atomic E-state index is 13.5. The van der Waals surface area contributed by atoms with E-state index in [2.05, 4.69) is 4.98 Å². The smallest absolute Gasteiger partial charge is 0.272 e. The van der Waals surface area contributed by atoms with Crippen LogP contribution >= 0.6 is 0 Å². The molecule has 2 amide bonds. The highest BCUT2D eigenvalue weighted by Crippen LogP contribution is 2.31. The summed E-state index contributed by atoms with van der Waals surface area (Å²) in [5, 5.41) is 0. The minimum absolute atomic E-state index is 0.108. The van der Waals surface area contributed by atoms with Crippen molar-refractivity contribution in [3.63, 3.8) is 0 Å². The number of morpholine rings is 1. The Morgan fingerprint density at radius 3 is 2.48 bits per heavy atom. The summed E-state index contributed by atoms with van der Waals surface area (Å²) in [5.74, 6) is -0.758. The molecule has 0 N–H and O–H groups in total. The van der Waals surface area contributed by atoms with Crippen molar-refractivity contribution in [1.29, 1.82) is 0 Å². The van der Waals surface area contributed by atoms with Gasteiger partial charge in [0, 0.05) is 33.3 Å². The number of likely N-dealkylation sites (N-methyl/N-ethyl adjacent to an activating group) is 1. The Hall–Kier alpha value is -3.58. The summed E-state index contributed by atoms with van der Waals surface area (Å²) in [6.45, 7) is 0.714. The molecule has 0 bridgehead atoms. The van der Waals surface area contributed by atoms with Gasteiger partial charge in [-0.05, 0) is 41.0 Å². The average molecular weight is 448 g/mol. The first-order valence-corrected chi connectivity index (χ1v) is 10.8. The Bertz CT molecular complexity index is 1140. The molecule has 0 aliphatic carbocycles. The van der Waals surface area contributed by atoms with Gasteiger partial charge in [-0.25, -0.2) is 4.39 Å². The third-order valence-corrected chi connectivity index (χ3v) is 5.80. The predicted molar refractivity (Wildman–Crippen MR) is 123 cm³/mol. The largest absolute Gasteiger partial charge is 0.361 e. The zero-order valence-corrected chi connectivity index (χ0v) is 18.7. The lowest BCUT2D eigenvalue weighted by Gasteiger charge is -2.43. The summed E-state index contributed by atoms with van der Waals surface area (Å²) in [4.78, 5) is 33.8. The number of rotatable bonds is 5. The number of carbonyl (C=O) groups is 2. The van der Waals surface area contributed by atoms with E-state index in [4.69, 9.17) is 4.74 Å². The minimum atomic E-state index is -1.25. The molecule has 0 radical (unpaired) electrons. The number of hydrogen-bond donors (Lipinski definition) is 0. The molecule has 2 heterocycles. The average Bonchev–Trinajstić information content (AvgIpc) is 2.84. The van der Waals surface area contributed by atoms with Crippen LogP contribution in [-0.2, 0) is 16.0 Å². The maximum Gasteiger partial charge on any atom is 0.272 e. The quantitative estimate of drug-likeness (QED) is 0.601. The number of benzene rings is 2. The summed E-state index contributed by atoms with van der Waals surface area (Å²) >= 11 is 0. The van der Waals surface area contributed by atoms with E-state index in [0.29, 0.717) is 12.2 Å². The molecule has 1 atom stereocenters. The first-order valence-electron chi connectivity index (χ1n) is 10.8. The molecule has 0 spiro atoms. The fourth-order valence-corrected chi connectivity index (χ4v) is 4.22. The second-order valence-corrected chi connectivity index (χ2v) is 8.32. The molecule has 2 aromatic carbocycles.